The van der Waals surface area contributed by atoms with Gasteiger partial charge in [-0.15, -0.1) is 10.2 Å². The van der Waals surface area contributed by atoms with Crippen LogP contribution in [0.1, 0.15) is 13.8 Å². The first kappa shape index (κ1) is 20.7. The number of benzene rings is 2. The van der Waals surface area contributed by atoms with Gasteiger partial charge < -0.3 is 14.5 Å². The summed E-state index contributed by atoms with van der Waals surface area (Å²) in [7, 11) is 0. The van der Waals surface area contributed by atoms with E-state index in [0.29, 0.717) is 34.8 Å². The molecule has 0 spiro atoms. The van der Waals surface area contributed by atoms with Crippen LogP contribution >= 0.6 is 11.8 Å². The van der Waals surface area contributed by atoms with Gasteiger partial charge >= 0.3 is 0 Å². The molecule has 2 aromatic carbocycles. The Labute approximate surface area is 184 Å². The van der Waals surface area contributed by atoms with Crippen molar-refractivity contribution in [1.29, 1.82) is 0 Å². The lowest BCUT2D eigenvalue weighted by Crippen LogP contribution is -2.23. The Morgan fingerprint density at radius 3 is 2.61 bits per heavy atom. The Bertz CT molecular complexity index is 1140. The molecule has 4 aromatic rings. The van der Waals surface area contributed by atoms with Crippen LogP contribution in [0.5, 0.6) is 5.75 Å². The first-order chi connectivity index (χ1) is 15.2. The van der Waals surface area contributed by atoms with Gasteiger partial charge in [-0.3, -0.25) is 9.36 Å². The number of furan rings is 1. The lowest BCUT2D eigenvalue weighted by atomic mass is 10.3. The average molecular weight is 435 g/mol. The Morgan fingerprint density at radius 2 is 1.87 bits per heavy atom. The van der Waals surface area contributed by atoms with Gasteiger partial charge in [0.05, 0.1) is 23.8 Å². The predicted octanol–water partition coefficient (Wildman–Crippen LogP) is 5.05. The lowest BCUT2D eigenvalue weighted by molar-refractivity contribution is -0.115. The van der Waals surface area contributed by atoms with Crippen molar-refractivity contribution < 1.29 is 13.9 Å². The number of hydrogen-bond donors (Lipinski definition) is 1. The molecule has 8 heteroatoms. The molecule has 1 unspecified atom stereocenters. The molecule has 0 aliphatic rings. The first-order valence-corrected chi connectivity index (χ1v) is 10.8. The number of carbonyl (C=O) groups excluding carboxylic acids is 1. The Morgan fingerprint density at radius 1 is 1.10 bits per heavy atom. The molecule has 0 radical (unpaired) electrons. The molecular formula is C23H22N4O3S. The topological polar surface area (TPSA) is 82.2 Å². The summed E-state index contributed by atoms with van der Waals surface area (Å²) in [6, 6.07) is 20.8. The highest BCUT2D eigenvalue weighted by Crippen LogP contribution is 2.31. The molecule has 4 rings (SSSR count). The van der Waals surface area contributed by atoms with E-state index in [0.717, 1.165) is 5.69 Å². The summed E-state index contributed by atoms with van der Waals surface area (Å²) >= 11 is 1.32. The van der Waals surface area contributed by atoms with Gasteiger partial charge in [0.1, 0.15) is 5.75 Å². The monoisotopic (exact) mass is 434 g/mol. The van der Waals surface area contributed by atoms with Crippen molar-refractivity contribution >= 4 is 23.4 Å². The minimum atomic E-state index is -0.425. The van der Waals surface area contributed by atoms with E-state index >= 15 is 0 Å². The zero-order chi connectivity index (χ0) is 21.6. The normalized spacial score (nSPS) is 11.8. The molecule has 2 heterocycles. The van der Waals surface area contributed by atoms with Crippen molar-refractivity contribution in [2.45, 2.75) is 24.3 Å². The second-order valence-corrected chi connectivity index (χ2v) is 7.94. The molecular weight excluding hydrogens is 412 g/mol. The van der Waals surface area contributed by atoms with Gasteiger partial charge in [-0.2, -0.15) is 0 Å². The highest BCUT2D eigenvalue weighted by atomic mass is 32.2. The third kappa shape index (κ3) is 4.64. The van der Waals surface area contributed by atoms with E-state index in [2.05, 4.69) is 15.5 Å². The van der Waals surface area contributed by atoms with Crippen molar-refractivity contribution in [3.05, 3.63) is 73.0 Å². The number of anilines is 1. The molecule has 0 aliphatic carbocycles. The number of hydrogen-bond acceptors (Lipinski definition) is 6. The van der Waals surface area contributed by atoms with Gasteiger partial charge in [-0.05, 0) is 50.2 Å². The summed E-state index contributed by atoms with van der Waals surface area (Å²) in [6.45, 7) is 4.26. The number of rotatable bonds is 8. The maximum absolute atomic E-state index is 12.9. The zero-order valence-corrected chi connectivity index (χ0v) is 18.0. The molecule has 0 fully saturated rings. The third-order valence-corrected chi connectivity index (χ3v) is 5.53. The summed E-state index contributed by atoms with van der Waals surface area (Å²) < 4.78 is 13.0. The van der Waals surface area contributed by atoms with Gasteiger partial charge in [0.2, 0.25) is 11.7 Å². The van der Waals surface area contributed by atoms with Crippen LogP contribution in [0, 0.1) is 0 Å². The Hall–Kier alpha value is -3.52. The summed E-state index contributed by atoms with van der Waals surface area (Å²) in [6.07, 6.45) is 1.60. The van der Waals surface area contributed by atoms with Crippen molar-refractivity contribution in [1.82, 2.24) is 14.8 Å². The Balaban J connectivity index is 1.59. The van der Waals surface area contributed by atoms with Gasteiger partial charge in [-0.25, -0.2) is 0 Å². The van der Waals surface area contributed by atoms with E-state index in [9.17, 15) is 4.79 Å². The molecule has 1 atom stereocenters. The molecule has 158 valence electrons. The fourth-order valence-corrected chi connectivity index (χ4v) is 3.89. The van der Waals surface area contributed by atoms with Crippen LogP contribution < -0.4 is 10.1 Å². The summed E-state index contributed by atoms with van der Waals surface area (Å²) in [5.41, 5.74) is 1.53. The number of ether oxygens (including phenoxy) is 1. The van der Waals surface area contributed by atoms with Gasteiger partial charge in [0, 0.05) is 5.69 Å². The van der Waals surface area contributed by atoms with Gasteiger partial charge in [-0.1, -0.05) is 42.1 Å². The number of nitrogens with zero attached hydrogens (tertiary/aromatic N) is 3. The molecule has 7 nitrogen and oxygen atoms in total. The SMILES string of the molecule is CCOc1ccccc1NC(=O)C(C)Sc1nnc(-c2ccco2)n1-c1ccccc1. The number of para-hydroxylation sites is 3. The predicted molar refractivity (Wildman–Crippen MR) is 121 cm³/mol. The fourth-order valence-electron chi connectivity index (χ4n) is 3.02. The number of amides is 1. The smallest absolute Gasteiger partial charge is 0.237 e. The summed E-state index contributed by atoms with van der Waals surface area (Å²) in [5.74, 6) is 1.67. The van der Waals surface area contributed by atoms with Crippen LogP contribution in [0.3, 0.4) is 0 Å². The largest absolute Gasteiger partial charge is 0.492 e. The maximum atomic E-state index is 12.9. The standard InChI is InChI=1S/C23H22N4O3S/c1-3-29-19-13-8-7-12-18(19)24-22(28)16(2)31-23-26-25-21(20-14-9-15-30-20)27(23)17-10-5-4-6-11-17/h4-16H,3H2,1-2H3,(H,24,28). The molecule has 2 aromatic heterocycles. The first-order valence-electron chi connectivity index (χ1n) is 9.91. The molecule has 1 amide bonds. The van der Waals surface area contributed by atoms with E-state index in [1.54, 1.807) is 12.3 Å². The van der Waals surface area contributed by atoms with E-state index in [1.807, 2.05) is 79.1 Å². The van der Waals surface area contributed by atoms with E-state index in [1.165, 1.54) is 11.8 Å². The van der Waals surface area contributed by atoms with Crippen molar-refractivity contribution in [3.8, 4) is 23.0 Å². The van der Waals surface area contributed by atoms with Crippen LogP contribution in [0.15, 0.2) is 82.6 Å². The van der Waals surface area contributed by atoms with E-state index in [-0.39, 0.29) is 5.91 Å². The molecule has 0 saturated heterocycles. The second kappa shape index (κ2) is 9.53. The van der Waals surface area contributed by atoms with Crippen LogP contribution in [0.4, 0.5) is 5.69 Å². The minimum Gasteiger partial charge on any atom is -0.492 e. The van der Waals surface area contributed by atoms with Crippen LogP contribution in [-0.2, 0) is 4.79 Å². The number of aromatic nitrogens is 3. The minimum absolute atomic E-state index is 0.153. The van der Waals surface area contributed by atoms with Crippen LogP contribution in [0.2, 0.25) is 0 Å². The van der Waals surface area contributed by atoms with E-state index < -0.39 is 5.25 Å². The Kier molecular flexibility index (Phi) is 6.37. The van der Waals surface area contributed by atoms with Crippen molar-refractivity contribution in [3.63, 3.8) is 0 Å². The third-order valence-electron chi connectivity index (χ3n) is 4.49. The van der Waals surface area contributed by atoms with Gasteiger partial charge in [0.15, 0.2) is 10.9 Å². The second-order valence-electron chi connectivity index (χ2n) is 6.63. The number of thioether (sulfide) groups is 1. The van der Waals surface area contributed by atoms with E-state index in [4.69, 9.17) is 9.15 Å². The van der Waals surface area contributed by atoms with Crippen molar-refractivity contribution in [2.75, 3.05) is 11.9 Å². The number of carbonyl (C=O) groups is 1. The van der Waals surface area contributed by atoms with Gasteiger partial charge in [0.25, 0.3) is 0 Å². The quantitative estimate of drug-likeness (QED) is 0.391. The highest BCUT2D eigenvalue weighted by Gasteiger charge is 2.23. The molecule has 0 saturated carbocycles. The summed E-state index contributed by atoms with van der Waals surface area (Å²) in [5, 5.41) is 11.8. The lowest BCUT2D eigenvalue weighted by Gasteiger charge is -2.15. The molecule has 0 aliphatic heterocycles. The zero-order valence-electron chi connectivity index (χ0n) is 17.2. The maximum Gasteiger partial charge on any atom is 0.237 e. The van der Waals surface area contributed by atoms with Crippen molar-refractivity contribution in [2.24, 2.45) is 0 Å². The molecule has 0 bridgehead atoms. The average Bonchev–Trinajstić information content (AvgIpc) is 3.46. The summed E-state index contributed by atoms with van der Waals surface area (Å²) in [4.78, 5) is 12.9. The number of nitrogens with one attached hydrogen (secondary N) is 1. The van der Waals surface area contributed by atoms with Crippen LogP contribution in [-0.4, -0.2) is 32.5 Å². The molecule has 1 N–H and O–H groups in total. The highest BCUT2D eigenvalue weighted by molar-refractivity contribution is 8.00. The van der Waals surface area contributed by atoms with Crippen LogP contribution in [0.25, 0.3) is 17.3 Å². The fraction of sp³-hybridized carbons (Fsp3) is 0.174. The molecule has 31 heavy (non-hydrogen) atoms.